The molecule has 0 saturated carbocycles. The Kier molecular flexibility index (Phi) is 5.29. The van der Waals surface area contributed by atoms with E-state index >= 15 is 0 Å². The van der Waals surface area contributed by atoms with Gasteiger partial charge in [-0.1, -0.05) is 0 Å². The molecule has 1 aromatic carbocycles. The van der Waals surface area contributed by atoms with Crippen LogP contribution in [-0.2, 0) is 4.74 Å². The summed E-state index contributed by atoms with van der Waals surface area (Å²) in [5.41, 5.74) is 6.40. The van der Waals surface area contributed by atoms with E-state index in [1.54, 1.807) is 19.1 Å². The standard InChI is InChI=1S/C12H17NO4/c1-2-16-12(15)10-8-9(13)4-5-11(10)17-7-3-6-14/h4-5,8,14H,2-3,6-7,13H2,1H3. The summed E-state index contributed by atoms with van der Waals surface area (Å²) >= 11 is 0. The van der Waals surface area contributed by atoms with E-state index in [9.17, 15) is 4.79 Å². The molecule has 0 fully saturated rings. The monoisotopic (exact) mass is 239 g/mol. The number of benzene rings is 1. The van der Waals surface area contributed by atoms with Crippen molar-refractivity contribution in [2.24, 2.45) is 0 Å². The van der Waals surface area contributed by atoms with Crippen LogP contribution in [0.4, 0.5) is 5.69 Å². The minimum absolute atomic E-state index is 0.0453. The van der Waals surface area contributed by atoms with Crippen molar-refractivity contribution >= 4 is 11.7 Å². The molecule has 0 spiro atoms. The number of carbonyl (C=O) groups is 1. The van der Waals surface area contributed by atoms with E-state index in [-0.39, 0.29) is 6.61 Å². The average molecular weight is 239 g/mol. The van der Waals surface area contributed by atoms with Crippen LogP contribution in [-0.4, -0.2) is 30.9 Å². The van der Waals surface area contributed by atoms with Gasteiger partial charge in [-0.3, -0.25) is 0 Å². The molecule has 1 rings (SSSR count). The Balaban J connectivity index is 2.83. The van der Waals surface area contributed by atoms with Crippen LogP contribution < -0.4 is 10.5 Å². The lowest BCUT2D eigenvalue weighted by molar-refractivity contribution is 0.0521. The first kappa shape index (κ1) is 13.3. The molecule has 0 amide bonds. The van der Waals surface area contributed by atoms with E-state index < -0.39 is 5.97 Å². The van der Waals surface area contributed by atoms with Crippen molar-refractivity contribution in [3.05, 3.63) is 23.8 Å². The molecule has 5 nitrogen and oxygen atoms in total. The predicted octanol–water partition coefficient (Wildman–Crippen LogP) is 1.21. The first-order valence-electron chi connectivity index (χ1n) is 5.49. The zero-order valence-electron chi connectivity index (χ0n) is 9.81. The molecule has 0 heterocycles. The number of hydrogen-bond acceptors (Lipinski definition) is 5. The van der Waals surface area contributed by atoms with Crippen molar-refractivity contribution < 1.29 is 19.4 Å². The number of rotatable bonds is 6. The van der Waals surface area contributed by atoms with Crippen LogP contribution in [0.1, 0.15) is 23.7 Å². The fourth-order valence-corrected chi connectivity index (χ4v) is 1.29. The summed E-state index contributed by atoms with van der Waals surface area (Å²) in [5, 5.41) is 8.66. The van der Waals surface area contributed by atoms with Crippen LogP contribution in [0.25, 0.3) is 0 Å². The van der Waals surface area contributed by atoms with Gasteiger partial charge in [-0.05, 0) is 25.1 Å². The fourth-order valence-electron chi connectivity index (χ4n) is 1.29. The molecule has 0 bridgehead atoms. The van der Waals surface area contributed by atoms with Gasteiger partial charge in [0, 0.05) is 18.7 Å². The number of esters is 1. The van der Waals surface area contributed by atoms with Crippen LogP contribution >= 0.6 is 0 Å². The third-order valence-electron chi connectivity index (χ3n) is 2.06. The van der Waals surface area contributed by atoms with Gasteiger partial charge in [-0.15, -0.1) is 0 Å². The van der Waals surface area contributed by atoms with Gasteiger partial charge in [0.2, 0.25) is 0 Å². The molecule has 3 N–H and O–H groups in total. The van der Waals surface area contributed by atoms with Crippen LogP contribution in [0.3, 0.4) is 0 Å². The van der Waals surface area contributed by atoms with Gasteiger partial charge in [0.15, 0.2) is 0 Å². The summed E-state index contributed by atoms with van der Waals surface area (Å²) < 4.78 is 10.3. The second-order valence-corrected chi connectivity index (χ2v) is 3.40. The van der Waals surface area contributed by atoms with E-state index in [2.05, 4.69) is 0 Å². The predicted molar refractivity (Wildman–Crippen MR) is 64.0 cm³/mol. The molecular weight excluding hydrogens is 222 g/mol. The van der Waals surface area contributed by atoms with Gasteiger partial charge >= 0.3 is 5.97 Å². The van der Waals surface area contributed by atoms with Crippen molar-refractivity contribution in [2.75, 3.05) is 25.6 Å². The second-order valence-electron chi connectivity index (χ2n) is 3.40. The van der Waals surface area contributed by atoms with Crippen LogP contribution in [0.15, 0.2) is 18.2 Å². The number of anilines is 1. The highest BCUT2D eigenvalue weighted by Gasteiger charge is 2.14. The van der Waals surface area contributed by atoms with Crippen molar-refractivity contribution in [2.45, 2.75) is 13.3 Å². The molecule has 1 aromatic rings. The molecule has 0 atom stereocenters. The van der Waals surface area contributed by atoms with Gasteiger partial charge in [-0.2, -0.15) is 0 Å². The number of nitrogens with two attached hydrogens (primary N) is 1. The van der Waals surface area contributed by atoms with Crippen molar-refractivity contribution in [3.63, 3.8) is 0 Å². The summed E-state index contributed by atoms with van der Waals surface area (Å²) in [5.74, 6) is -0.0371. The highest BCUT2D eigenvalue weighted by molar-refractivity contribution is 5.93. The van der Waals surface area contributed by atoms with Crippen LogP contribution in [0.2, 0.25) is 0 Å². The second kappa shape index (κ2) is 6.75. The maximum Gasteiger partial charge on any atom is 0.341 e. The molecule has 0 unspecified atom stereocenters. The van der Waals surface area contributed by atoms with E-state index in [0.29, 0.717) is 36.6 Å². The molecule has 94 valence electrons. The number of aliphatic hydroxyl groups is 1. The van der Waals surface area contributed by atoms with Crippen LogP contribution in [0, 0.1) is 0 Å². The highest BCUT2D eigenvalue weighted by Crippen LogP contribution is 2.22. The Labute approximate surface area is 100 Å². The van der Waals surface area contributed by atoms with Crippen molar-refractivity contribution in [1.82, 2.24) is 0 Å². The maximum atomic E-state index is 11.6. The van der Waals surface area contributed by atoms with Crippen LogP contribution in [0.5, 0.6) is 5.75 Å². The minimum Gasteiger partial charge on any atom is -0.493 e. The molecule has 5 heteroatoms. The number of hydrogen-bond donors (Lipinski definition) is 2. The van der Waals surface area contributed by atoms with Gasteiger partial charge in [-0.25, -0.2) is 4.79 Å². The average Bonchev–Trinajstić information content (AvgIpc) is 2.31. The fraction of sp³-hybridized carbons (Fsp3) is 0.417. The number of ether oxygens (including phenoxy) is 2. The van der Waals surface area contributed by atoms with E-state index in [1.807, 2.05) is 0 Å². The lowest BCUT2D eigenvalue weighted by Crippen LogP contribution is -2.09. The summed E-state index contributed by atoms with van der Waals surface area (Å²) in [6.07, 6.45) is 0.507. The lowest BCUT2D eigenvalue weighted by Gasteiger charge is -2.11. The Hall–Kier alpha value is -1.75. The zero-order chi connectivity index (χ0) is 12.7. The third kappa shape index (κ3) is 3.96. The summed E-state index contributed by atoms with van der Waals surface area (Å²) in [7, 11) is 0. The van der Waals surface area contributed by atoms with Crippen molar-refractivity contribution in [1.29, 1.82) is 0 Å². The molecule has 0 saturated heterocycles. The molecular formula is C12H17NO4. The number of aliphatic hydroxyl groups excluding tert-OH is 1. The van der Waals surface area contributed by atoms with Gasteiger partial charge in [0.1, 0.15) is 11.3 Å². The molecule has 0 aliphatic carbocycles. The Bertz CT molecular complexity index is 379. The molecule has 0 aliphatic heterocycles. The van der Waals surface area contributed by atoms with Gasteiger partial charge in [0.25, 0.3) is 0 Å². The van der Waals surface area contributed by atoms with E-state index in [0.717, 1.165) is 0 Å². The van der Waals surface area contributed by atoms with Crippen molar-refractivity contribution in [3.8, 4) is 5.75 Å². The maximum absolute atomic E-state index is 11.6. The lowest BCUT2D eigenvalue weighted by atomic mass is 10.2. The summed E-state index contributed by atoms with van der Waals surface area (Å²) in [4.78, 5) is 11.6. The third-order valence-corrected chi connectivity index (χ3v) is 2.06. The quantitative estimate of drug-likeness (QED) is 0.443. The topological polar surface area (TPSA) is 81.8 Å². The summed E-state index contributed by atoms with van der Waals surface area (Å²) in [6, 6.07) is 4.79. The number of nitrogen functional groups attached to an aromatic ring is 1. The largest absolute Gasteiger partial charge is 0.493 e. The first-order valence-corrected chi connectivity index (χ1v) is 5.49. The Morgan fingerprint density at radius 3 is 2.88 bits per heavy atom. The Morgan fingerprint density at radius 1 is 1.47 bits per heavy atom. The summed E-state index contributed by atoms with van der Waals surface area (Å²) in [6.45, 7) is 2.41. The van der Waals surface area contributed by atoms with Gasteiger partial charge in [0.05, 0.1) is 13.2 Å². The SMILES string of the molecule is CCOC(=O)c1cc(N)ccc1OCCCO. The molecule has 0 aromatic heterocycles. The molecule has 17 heavy (non-hydrogen) atoms. The van der Waals surface area contributed by atoms with Gasteiger partial charge < -0.3 is 20.3 Å². The zero-order valence-corrected chi connectivity index (χ0v) is 9.81. The van der Waals surface area contributed by atoms with E-state index in [4.69, 9.17) is 20.3 Å². The molecule has 0 aliphatic rings. The number of carbonyl (C=O) groups excluding carboxylic acids is 1. The highest BCUT2D eigenvalue weighted by atomic mass is 16.5. The Morgan fingerprint density at radius 2 is 2.24 bits per heavy atom. The smallest absolute Gasteiger partial charge is 0.341 e. The minimum atomic E-state index is -0.459. The molecule has 0 radical (unpaired) electrons. The normalized spacial score (nSPS) is 10.0. The van der Waals surface area contributed by atoms with E-state index in [1.165, 1.54) is 6.07 Å². The first-order chi connectivity index (χ1) is 8.19.